The van der Waals surface area contributed by atoms with Crippen molar-refractivity contribution in [3.63, 3.8) is 0 Å². The number of amides is 1. The highest BCUT2D eigenvalue weighted by atomic mass is 16.6. The Hall–Kier alpha value is -2.45. The highest BCUT2D eigenvalue weighted by molar-refractivity contribution is 5.79. The monoisotopic (exact) mass is 374 g/mol. The van der Waals surface area contributed by atoms with Crippen LogP contribution < -0.4 is 10.2 Å². The molecule has 9 nitrogen and oxygen atoms in total. The van der Waals surface area contributed by atoms with E-state index in [1.807, 2.05) is 9.80 Å². The van der Waals surface area contributed by atoms with E-state index in [0.717, 1.165) is 51.6 Å². The number of anilines is 2. The maximum absolute atomic E-state index is 12.7. The SMILES string of the molecule is O=C(C1CCN(c2ncc([N+](=O)[O-])c(NC3CC3)n2)CC1)N1CCCCC1. The van der Waals surface area contributed by atoms with Crippen molar-refractivity contribution >= 4 is 23.4 Å². The average molecular weight is 374 g/mol. The summed E-state index contributed by atoms with van der Waals surface area (Å²) in [5.41, 5.74) is -0.0826. The van der Waals surface area contributed by atoms with E-state index in [1.54, 1.807) is 0 Å². The third-order valence-electron chi connectivity index (χ3n) is 5.67. The van der Waals surface area contributed by atoms with Crippen LogP contribution in [-0.4, -0.2) is 57.9 Å². The van der Waals surface area contributed by atoms with Crippen molar-refractivity contribution in [2.45, 2.75) is 51.0 Å². The summed E-state index contributed by atoms with van der Waals surface area (Å²) in [6.07, 6.45) is 8.31. The van der Waals surface area contributed by atoms with Gasteiger partial charge in [0, 0.05) is 38.1 Å². The predicted octanol–water partition coefficient (Wildman–Crippen LogP) is 2.19. The fourth-order valence-electron chi connectivity index (χ4n) is 3.88. The quantitative estimate of drug-likeness (QED) is 0.622. The number of nitrogens with zero attached hydrogens (tertiary/aromatic N) is 5. The number of carbonyl (C=O) groups excluding carboxylic acids is 1. The zero-order valence-corrected chi connectivity index (χ0v) is 15.5. The second kappa shape index (κ2) is 7.66. The van der Waals surface area contributed by atoms with Crippen LogP contribution in [0, 0.1) is 16.0 Å². The van der Waals surface area contributed by atoms with Gasteiger partial charge in [-0.3, -0.25) is 14.9 Å². The molecule has 1 aromatic rings. The number of piperidine rings is 2. The van der Waals surface area contributed by atoms with Crippen molar-refractivity contribution in [1.82, 2.24) is 14.9 Å². The Bertz CT molecular complexity index is 709. The van der Waals surface area contributed by atoms with Crippen molar-refractivity contribution in [3.05, 3.63) is 16.3 Å². The number of aromatic nitrogens is 2. The second-order valence-corrected chi connectivity index (χ2v) is 7.73. The number of nitro groups is 1. The van der Waals surface area contributed by atoms with Crippen LogP contribution in [0.25, 0.3) is 0 Å². The fraction of sp³-hybridized carbons (Fsp3) is 0.722. The molecule has 0 atom stereocenters. The second-order valence-electron chi connectivity index (χ2n) is 7.73. The van der Waals surface area contributed by atoms with Gasteiger partial charge in [0.25, 0.3) is 0 Å². The molecule has 2 saturated heterocycles. The first kappa shape index (κ1) is 17.9. The van der Waals surface area contributed by atoms with Crippen molar-refractivity contribution in [3.8, 4) is 0 Å². The first-order valence-electron chi connectivity index (χ1n) is 9.93. The molecule has 1 N–H and O–H groups in total. The van der Waals surface area contributed by atoms with Crippen molar-refractivity contribution < 1.29 is 9.72 Å². The minimum atomic E-state index is -0.446. The van der Waals surface area contributed by atoms with Gasteiger partial charge in [-0.15, -0.1) is 0 Å². The molecule has 3 fully saturated rings. The van der Waals surface area contributed by atoms with E-state index in [9.17, 15) is 14.9 Å². The Kier molecular flexibility index (Phi) is 5.09. The number of hydrogen-bond donors (Lipinski definition) is 1. The van der Waals surface area contributed by atoms with Gasteiger partial charge in [-0.05, 0) is 44.9 Å². The first-order valence-corrected chi connectivity index (χ1v) is 9.93. The average Bonchev–Trinajstić information content (AvgIpc) is 3.52. The minimum absolute atomic E-state index is 0.0708. The molecule has 1 aromatic heterocycles. The smallest absolute Gasteiger partial charge is 0.329 e. The van der Waals surface area contributed by atoms with Gasteiger partial charge in [-0.2, -0.15) is 4.98 Å². The van der Waals surface area contributed by atoms with Crippen LogP contribution in [0.2, 0.25) is 0 Å². The van der Waals surface area contributed by atoms with Crippen molar-refractivity contribution in [2.24, 2.45) is 5.92 Å². The molecule has 1 aliphatic carbocycles. The molecule has 0 radical (unpaired) electrons. The van der Waals surface area contributed by atoms with Crippen LogP contribution in [0.15, 0.2) is 6.20 Å². The molecule has 27 heavy (non-hydrogen) atoms. The molecule has 0 unspecified atom stereocenters. The van der Waals surface area contributed by atoms with E-state index in [0.29, 0.717) is 24.9 Å². The Morgan fingerprint density at radius 3 is 2.44 bits per heavy atom. The molecular formula is C18H26N6O3. The van der Waals surface area contributed by atoms with E-state index in [2.05, 4.69) is 15.3 Å². The molecule has 2 aliphatic heterocycles. The zero-order chi connectivity index (χ0) is 18.8. The summed E-state index contributed by atoms with van der Waals surface area (Å²) in [6, 6.07) is 0.277. The number of nitrogens with one attached hydrogen (secondary N) is 1. The van der Waals surface area contributed by atoms with E-state index in [4.69, 9.17) is 0 Å². The summed E-state index contributed by atoms with van der Waals surface area (Å²) < 4.78 is 0. The maximum atomic E-state index is 12.7. The number of likely N-dealkylation sites (tertiary alicyclic amines) is 1. The summed E-state index contributed by atoms with van der Waals surface area (Å²) >= 11 is 0. The lowest BCUT2D eigenvalue weighted by molar-refractivity contribution is -0.384. The van der Waals surface area contributed by atoms with Crippen LogP contribution in [0.3, 0.4) is 0 Å². The van der Waals surface area contributed by atoms with Crippen molar-refractivity contribution in [2.75, 3.05) is 36.4 Å². The highest BCUT2D eigenvalue weighted by Crippen LogP contribution is 2.31. The molecule has 0 bridgehead atoms. The topological polar surface area (TPSA) is 104 Å². The summed E-state index contributed by atoms with van der Waals surface area (Å²) in [6.45, 7) is 3.18. The Labute approximate surface area is 158 Å². The zero-order valence-electron chi connectivity index (χ0n) is 15.5. The normalized spacial score (nSPS) is 21.2. The molecular weight excluding hydrogens is 348 g/mol. The van der Waals surface area contributed by atoms with E-state index in [1.165, 1.54) is 12.6 Å². The van der Waals surface area contributed by atoms with Gasteiger partial charge in [-0.1, -0.05) is 0 Å². The van der Waals surface area contributed by atoms with Crippen LogP contribution in [0.1, 0.15) is 44.9 Å². The largest absolute Gasteiger partial charge is 0.361 e. The van der Waals surface area contributed by atoms with E-state index in [-0.39, 0.29) is 23.6 Å². The molecule has 9 heteroatoms. The lowest BCUT2D eigenvalue weighted by atomic mass is 9.94. The Balaban J connectivity index is 1.40. The minimum Gasteiger partial charge on any atom is -0.361 e. The first-order chi connectivity index (χ1) is 13.1. The highest BCUT2D eigenvalue weighted by Gasteiger charge is 2.31. The van der Waals surface area contributed by atoms with Gasteiger partial charge in [-0.25, -0.2) is 4.98 Å². The molecule has 1 amide bonds. The maximum Gasteiger partial charge on any atom is 0.329 e. The summed E-state index contributed by atoms with van der Waals surface area (Å²) in [4.78, 5) is 36.1. The molecule has 146 valence electrons. The van der Waals surface area contributed by atoms with Crippen LogP contribution in [0.4, 0.5) is 17.5 Å². The van der Waals surface area contributed by atoms with E-state index < -0.39 is 4.92 Å². The van der Waals surface area contributed by atoms with Gasteiger partial charge in [0.05, 0.1) is 4.92 Å². The Morgan fingerprint density at radius 2 is 1.81 bits per heavy atom. The molecule has 3 heterocycles. The molecule has 3 aliphatic rings. The van der Waals surface area contributed by atoms with Crippen LogP contribution in [0.5, 0.6) is 0 Å². The van der Waals surface area contributed by atoms with Gasteiger partial charge < -0.3 is 15.1 Å². The van der Waals surface area contributed by atoms with Gasteiger partial charge in [0.15, 0.2) is 0 Å². The van der Waals surface area contributed by atoms with E-state index >= 15 is 0 Å². The molecule has 4 rings (SSSR count). The standard InChI is InChI=1S/C18H26N6O3/c25-17(22-8-2-1-3-9-22)13-6-10-23(11-7-13)18-19-12-15(24(26)27)16(21-18)20-14-4-5-14/h12-14H,1-11H2,(H,19,20,21). The predicted molar refractivity (Wildman–Crippen MR) is 101 cm³/mol. The van der Waals surface area contributed by atoms with Gasteiger partial charge >= 0.3 is 5.69 Å². The third kappa shape index (κ3) is 4.12. The van der Waals surface area contributed by atoms with Crippen LogP contribution >= 0.6 is 0 Å². The van der Waals surface area contributed by atoms with Crippen LogP contribution in [-0.2, 0) is 4.79 Å². The number of carbonyl (C=O) groups is 1. The van der Waals surface area contributed by atoms with Gasteiger partial charge in [0.2, 0.25) is 17.7 Å². The summed E-state index contributed by atoms with van der Waals surface area (Å²) in [5.74, 6) is 1.17. The third-order valence-corrected chi connectivity index (χ3v) is 5.67. The number of rotatable bonds is 5. The fourth-order valence-corrected chi connectivity index (χ4v) is 3.88. The lowest BCUT2D eigenvalue weighted by Gasteiger charge is -2.35. The van der Waals surface area contributed by atoms with Gasteiger partial charge in [0.1, 0.15) is 6.20 Å². The lowest BCUT2D eigenvalue weighted by Crippen LogP contribution is -2.44. The number of hydrogen-bond acceptors (Lipinski definition) is 7. The van der Waals surface area contributed by atoms with Crippen molar-refractivity contribution in [1.29, 1.82) is 0 Å². The molecule has 0 spiro atoms. The molecule has 1 saturated carbocycles. The molecule has 0 aromatic carbocycles. The summed E-state index contributed by atoms with van der Waals surface area (Å²) in [7, 11) is 0. The summed E-state index contributed by atoms with van der Waals surface area (Å²) in [5, 5.41) is 14.3. The Morgan fingerprint density at radius 1 is 1.11 bits per heavy atom.